The number of carbonyl (C=O) groups is 1. The molecular weight excluding hydrogens is 621 g/mol. The van der Waals surface area contributed by atoms with E-state index in [0.717, 1.165) is 27.7 Å². The maximum atomic E-state index is 13.8. The van der Waals surface area contributed by atoms with Crippen molar-refractivity contribution in [2.45, 2.75) is 43.8 Å². The summed E-state index contributed by atoms with van der Waals surface area (Å²) < 4.78 is 46.7. The summed E-state index contributed by atoms with van der Waals surface area (Å²) >= 11 is 6.63. The smallest absolute Gasteiger partial charge is 0.318 e. The largest absolute Gasteiger partial charge is 0.462 e. The Balaban J connectivity index is 1.28. The highest BCUT2D eigenvalue weighted by molar-refractivity contribution is 6.36. The van der Waals surface area contributed by atoms with Crippen LogP contribution in [0.15, 0.2) is 43.0 Å². The number of piperazine rings is 1. The van der Waals surface area contributed by atoms with Crippen LogP contribution in [-0.2, 0) is 17.8 Å². The van der Waals surface area contributed by atoms with Crippen LogP contribution in [0.3, 0.4) is 0 Å². The van der Waals surface area contributed by atoms with E-state index in [2.05, 4.69) is 21.3 Å². The van der Waals surface area contributed by atoms with Crippen LogP contribution in [0.5, 0.6) is 6.01 Å². The SMILES string of the molecule is [C-]#[N+]C[C@H]1CN(c2nc(OCCN(C)C3CC(F)(F)C3)nc3c2CCN(c2cncc4cccc(Cl)c24)C3)CCN1C(=O)C(=C)F. The summed E-state index contributed by atoms with van der Waals surface area (Å²) in [5.41, 5.74) is 2.55. The lowest BCUT2D eigenvalue weighted by Gasteiger charge is -2.41. The summed E-state index contributed by atoms with van der Waals surface area (Å²) in [6.45, 7) is 13.1. The van der Waals surface area contributed by atoms with Crippen molar-refractivity contribution in [1.82, 2.24) is 24.8 Å². The van der Waals surface area contributed by atoms with E-state index in [0.29, 0.717) is 43.4 Å². The molecule has 2 aliphatic heterocycles. The number of halogens is 4. The highest BCUT2D eigenvalue weighted by Crippen LogP contribution is 2.40. The van der Waals surface area contributed by atoms with Crippen LogP contribution in [0.4, 0.5) is 24.7 Å². The third kappa shape index (κ3) is 6.41. The number of anilines is 2. The Morgan fingerprint density at radius 2 is 2.02 bits per heavy atom. The molecule has 1 saturated carbocycles. The van der Waals surface area contributed by atoms with E-state index in [9.17, 15) is 18.0 Å². The van der Waals surface area contributed by atoms with Crippen molar-refractivity contribution in [1.29, 1.82) is 0 Å². The van der Waals surface area contributed by atoms with Crippen molar-refractivity contribution in [3.63, 3.8) is 0 Å². The van der Waals surface area contributed by atoms with Gasteiger partial charge >= 0.3 is 6.01 Å². The molecule has 242 valence electrons. The van der Waals surface area contributed by atoms with Crippen LogP contribution in [0.25, 0.3) is 15.6 Å². The van der Waals surface area contributed by atoms with E-state index in [1.807, 2.05) is 28.0 Å². The van der Waals surface area contributed by atoms with E-state index in [1.54, 1.807) is 19.4 Å². The number of benzene rings is 1. The van der Waals surface area contributed by atoms with Crippen molar-refractivity contribution in [3.05, 3.63) is 70.7 Å². The molecule has 1 saturated heterocycles. The Morgan fingerprint density at radius 1 is 1.22 bits per heavy atom. The number of pyridine rings is 1. The Hall–Kier alpha value is -4.15. The Labute approximate surface area is 270 Å². The average Bonchev–Trinajstić information content (AvgIpc) is 3.02. The van der Waals surface area contributed by atoms with Gasteiger partial charge in [0.25, 0.3) is 11.8 Å². The molecule has 0 spiro atoms. The maximum Gasteiger partial charge on any atom is 0.318 e. The molecule has 1 atom stereocenters. The molecule has 14 heteroatoms. The minimum absolute atomic E-state index is 0.00131. The van der Waals surface area contributed by atoms with Gasteiger partial charge in [-0.1, -0.05) is 30.3 Å². The lowest BCUT2D eigenvalue weighted by Crippen LogP contribution is -2.57. The Kier molecular flexibility index (Phi) is 8.94. The molecule has 3 aromatic rings. The molecule has 1 aromatic carbocycles. The molecule has 0 N–H and O–H groups in total. The van der Waals surface area contributed by atoms with Gasteiger partial charge in [0.15, 0.2) is 5.83 Å². The van der Waals surface area contributed by atoms with E-state index < -0.39 is 23.7 Å². The van der Waals surface area contributed by atoms with Crippen LogP contribution >= 0.6 is 11.6 Å². The lowest BCUT2D eigenvalue weighted by atomic mass is 9.87. The normalized spacial score (nSPS) is 19.5. The van der Waals surface area contributed by atoms with E-state index >= 15 is 0 Å². The number of likely N-dealkylation sites (N-methyl/N-ethyl adjacent to an activating group) is 1. The number of hydrogen-bond acceptors (Lipinski definition) is 8. The van der Waals surface area contributed by atoms with Crippen LogP contribution in [0, 0.1) is 6.57 Å². The third-order valence-electron chi connectivity index (χ3n) is 9.02. The molecule has 0 bridgehead atoms. The Morgan fingerprint density at radius 3 is 2.76 bits per heavy atom. The number of aromatic nitrogens is 3. The molecule has 4 heterocycles. The molecule has 10 nitrogen and oxygen atoms in total. The van der Waals surface area contributed by atoms with Gasteiger partial charge in [-0.05, 0) is 19.5 Å². The van der Waals surface area contributed by atoms with Gasteiger partial charge in [-0.15, -0.1) is 0 Å². The molecule has 1 amide bonds. The Bertz CT molecular complexity index is 1690. The minimum Gasteiger partial charge on any atom is -0.462 e. The van der Waals surface area contributed by atoms with Gasteiger partial charge < -0.3 is 24.3 Å². The van der Waals surface area contributed by atoms with Crippen LogP contribution in [-0.4, -0.2) is 102 Å². The minimum atomic E-state index is -2.61. The second-order valence-corrected chi connectivity index (χ2v) is 12.4. The standard InChI is InChI=1S/C32H34ClF3N8O2/c1-20(34)30(45)44-10-9-43(18-23(44)16-37-2)29-24-7-8-42(27-17-38-15-21-5-4-6-25(33)28(21)27)19-26(24)39-31(40-29)46-12-11-41(3)22-13-32(35,36)14-22/h4-6,15,17,22-23H,1,7-14,16,18-19H2,3H3/t23-/m0/s1. The molecule has 2 aromatic heterocycles. The molecule has 6 rings (SSSR count). The first kappa shape index (κ1) is 31.8. The van der Waals surface area contributed by atoms with Gasteiger partial charge in [-0.25, -0.2) is 19.7 Å². The van der Waals surface area contributed by atoms with Crippen LogP contribution < -0.4 is 14.5 Å². The third-order valence-corrected chi connectivity index (χ3v) is 9.34. The number of hydrogen-bond donors (Lipinski definition) is 0. The summed E-state index contributed by atoms with van der Waals surface area (Å²) in [6.07, 6.45) is 3.84. The summed E-state index contributed by atoms with van der Waals surface area (Å²) in [4.78, 5) is 37.4. The predicted molar refractivity (Wildman–Crippen MR) is 169 cm³/mol. The highest BCUT2D eigenvalue weighted by Gasteiger charge is 2.46. The fourth-order valence-electron chi connectivity index (χ4n) is 6.47. The topological polar surface area (TPSA) is 82.3 Å². The quantitative estimate of drug-likeness (QED) is 0.241. The van der Waals surface area contributed by atoms with Crippen molar-refractivity contribution in [3.8, 4) is 6.01 Å². The lowest BCUT2D eigenvalue weighted by molar-refractivity contribution is -0.131. The molecular formula is C32H34ClF3N8O2. The summed E-state index contributed by atoms with van der Waals surface area (Å²) in [6, 6.07) is 5.09. The predicted octanol–water partition coefficient (Wildman–Crippen LogP) is 4.77. The molecule has 0 radical (unpaired) electrons. The first-order chi connectivity index (χ1) is 22.0. The summed E-state index contributed by atoms with van der Waals surface area (Å²) in [5, 5.41) is 2.44. The first-order valence-corrected chi connectivity index (χ1v) is 15.5. The van der Waals surface area contributed by atoms with Gasteiger partial charge in [-0.2, -0.15) is 9.97 Å². The molecule has 2 fully saturated rings. The monoisotopic (exact) mass is 654 g/mol. The van der Waals surface area contributed by atoms with E-state index in [1.165, 1.54) is 4.90 Å². The second-order valence-electron chi connectivity index (χ2n) is 12.0. The van der Waals surface area contributed by atoms with Gasteiger partial charge in [0.2, 0.25) is 6.54 Å². The van der Waals surface area contributed by atoms with Crippen LogP contribution in [0.2, 0.25) is 5.02 Å². The van der Waals surface area contributed by atoms with E-state index in [-0.39, 0.29) is 51.1 Å². The number of rotatable bonds is 9. The summed E-state index contributed by atoms with van der Waals surface area (Å²) in [7, 11) is 1.80. The molecule has 1 aliphatic carbocycles. The average molecular weight is 655 g/mol. The zero-order chi connectivity index (χ0) is 32.6. The van der Waals surface area contributed by atoms with Crippen molar-refractivity contribution >= 4 is 39.8 Å². The summed E-state index contributed by atoms with van der Waals surface area (Å²) in [5.74, 6) is -3.84. The van der Waals surface area contributed by atoms with Crippen LogP contribution in [0.1, 0.15) is 24.1 Å². The fourth-order valence-corrected chi connectivity index (χ4v) is 6.75. The van der Waals surface area contributed by atoms with Crippen molar-refractivity contribution in [2.75, 3.05) is 62.7 Å². The van der Waals surface area contributed by atoms with Crippen molar-refractivity contribution in [2.24, 2.45) is 0 Å². The number of fused-ring (bicyclic) bond motifs is 2. The number of amides is 1. The fraction of sp³-hybridized carbons (Fsp3) is 0.469. The van der Waals surface area contributed by atoms with Gasteiger partial charge in [-0.3, -0.25) is 14.7 Å². The number of alkyl halides is 2. The zero-order valence-electron chi connectivity index (χ0n) is 25.4. The maximum absolute atomic E-state index is 13.8. The number of ether oxygens (including phenoxy) is 1. The van der Waals surface area contributed by atoms with Gasteiger partial charge in [0.1, 0.15) is 18.5 Å². The first-order valence-electron chi connectivity index (χ1n) is 15.2. The van der Waals surface area contributed by atoms with E-state index in [4.69, 9.17) is 32.9 Å². The highest BCUT2D eigenvalue weighted by atomic mass is 35.5. The van der Waals surface area contributed by atoms with Crippen molar-refractivity contribution < 1.29 is 22.7 Å². The van der Waals surface area contributed by atoms with Gasteiger partial charge in [0, 0.05) is 74.1 Å². The molecule has 3 aliphatic rings. The van der Waals surface area contributed by atoms with Gasteiger partial charge in [0.05, 0.1) is 29.1 Å². The zero-order valence-corrected chi connectivity index (χ0v) is 26.2. The number of nitrogens with zero attached hydrogens (tertiary/aromatic N) is 8. The second kappa shape index (κ2) is 12.9. The molecule has 46 heavy (non-hydrogen) atoms. The molecule has 0 unspecified atom stereocenters. The number of carbonyl (C=O) groups excluding carboxylic acids is 1.